The molecule has 2 aromatic carbocycles. The van der Waals surface area contributed by atoms with Gasteiger partial charge in [-0.05, 0) is 31.0 Å². The number of hydrogen-bond acceptors (Lipinski definition) is 6. The molecule has 184 valence electrons. The lowest BCUT2D eigenvalue weighted by molar-refractivity contribution is 0.107. The summed E-state index contributed by atoms with van der Waals surface area (Å²) in [6.07, 6.45) is 1.51. The summed E-state index contributed by atoms with van der Waals surface area (Å²) in [5.41, 5.74) is 0.845. The maximum atomic E-state index is 16.0. The highest BCUT2D eigenvalue weighted by molar-refractivity contribution is 6.34. The van der Waals surface area contributed by atoms with Crippen molar-refractivity contribution in [2.45, 2.75) is 31.0 Å². The Morgan fingerprint density at radius 3 is 2.74 bits per heavy atom. The van der Waals surface area contributed by atoms with Crippen LogP contribution in [-0.4, -0.2) is 72.5 Å². The SMILES string of the molecule is Fc1c(-c2ccccc2)c(Cl)cc2c(N3CCNCC3)nc(OC[C@@]34CCCN3C[C@H](F)C4)nc12. The van der Waals surface area contributed by atoms with Crippen molar-refractivity contribution >= 4 is 28.3 Å². The Balaban J connectivity index is 1.43. The van der Waals surface area contributed by atoms with Gasteiger partial charge in [0.05, 0.1) is 10.6 Å². The van der Waals surface area contributed by atoms with E-state index in [9.17, 15) is 4.39 Å². The van der Waals surface area contributed by atoms with Crippen molar-refractivity contribution in [3.63, 3.8) is 0 Å². The summed E-state index contributed by atoms with van der Waals surface area (Å²) in [6, 6.07) is 11.1. The fraction of sp³-hybridized carbons (Fsp3) is 0.462. The molecule has 0 spiro atoms. The predicted molar refractivity (Wildman–Crippen MR) is 134 cm³/mol. The molecule has 2 atom stereocenters. The summed E-state index contributed by atoms with van der Waals surface area (Å²) >= 11 is 6.62. The minimum absolute atomic E-state index is 0.120. The van der Waals surface area contributed by atoms with Crippen LogP contribution in [-0.2, 0) is 0 Å². The summed E-state index contributed by atoms with van der Waals surface area (Å²) in [5, 5.41) is 4.21. The maximum Gasteiger partial charge on any atom is 0.319 e. The van der Waals surface area contributed by atoms with E-state index < -0.39 is 12.0 Å². The fourth-order valence-electron chi connectivity index (χ4n) is 5.86. The summed E-state index contributed by atoms with van der Waals surface area (Å²) in [4.78, 5) is 13.5. The molecule has 0 saturated carbocycles. The second-order valence-corrected chi connectivity index (χ2v) is 10.1. The molecule has 0 radical (unpaired) electrons. The summed E-state index contributed by atoms with van der Waals surface area (Å²) in [7, 11) is 0. The second kappa shape index (κ2) is 9.15. The number of nitrogens with zero attached hydrogens (tertiary/aromatic N) is 4. The van der Waals surface area contributed by atoms with Crippen LogP contribution in [0.4, 0.5) is 14.6 Å². The van der Waals surface area contributed by atoms with Crippen LogP contribution < -0.4 is 15.0 Å². The molecule has 0 unspecified atom stereocenters. The zero-order valence-electron chi connectivity index (χ0n) is 19.4. The van der Waals surface area contributed by atoms with Crippen molar-refractivity contribution in [1.82, 2.24) is 20.2 Å². The zero-order valence-corrected chi connectivity index (χ0v) is 20.2. The molecule has 3 saturated heterocycles. The van der Waals surface area contributed by atoms with Crippen LogP contribution in [0.2, 0.25) is 5.02 Å². The van der Waals surface area contributed by atoms with Crippen molar-refractivity contribution < 1.29 is 13.5 Å². The first kappa shape index (κ1) is 22.9. The molecule has 6 rings (SSSR count). The summed E-state index contributed by atoms with van der Waals surface area (Å²) < 4.78 is 36.4. The van der Waals surface area contributed by atoms with Gasteiger partial charge in [-0.25, -0.2) is 8.78 Å². The van der Waals surface area contributed by atoms with Crippen molar-refractivity contribution in [3.8, 4) is 17.1 Å². The molecule has 0 amide bonds. The number of fused-ring (bicyclic) bond motifs is 2. The lowest BCUT2D eigenvalue weighted by atomic mass is 9.95. The van der Waals surface area contributed by atoms with Gasteiger partial charge in [-0.15, -0.1) is 0 Å². The third kappa shape index (κ3) is 4.11. The number of benzene rings is 2. The molecule has 3 aromatic rings. The first-order chi connectivity index (χ1) is 17.0. The topological polar surface area (TPSA) is 53.5 Å². The highest BCUT2D eigenvalue weighted by Crippen LogP contribution is 2.41. The summed E-state index contributed by atoms with van der Waals surface area (Å²) in [5.74, 6) is 0.121. The third-order valence-electron chi connectivity index (χ3n) is 7.55. The number of rotatable bonds is 5. The van der Waals surface area contributed by atoms with Gasteiger partial charge in [-0.3, -0.25) is 4.90 Å². The van der Waals surface area contributed by atoms with Gasteiger partial charge in [0.2, 0.25) is 0 Å². The van der Waals surface area contributed by atoms with Gasteiger partial charge in [-0.1, -0.05) is 41.9 Å². The largest absolute Gasteiger partial charge is 0.461 e. The summed E-state index contributed by atoms with van der Waals surface area (Å²) in [6.45, 7) is 4.68. The maximum absolute atomic E-state index is 16.0. The molecule has 35 heavy (non-hydrogen) atoms. The molecule has 6 nitrogen and oxygen atoms in total. The van der Waals surface area contributed by atoms with Gasteiger partial charge in [-0.2, -0.15) is 9.97 Å². The Labute approximate surface area is 208 Å². The van der Waals surface area contributed by atoms with Crippen LogP contribution in [0.5, 0.6) is 6.01 Å². The normalized spacial score (nSPS) is 24.8. The molecular formula is C26H28ClF2N5O. The van der Waals surface area contributed by atoms with Crippen molar-refractivity contribution in [2.24, 2.45) is 0 Å². The predicted octanol–water partition coefficient (Wildman–Crippen LogP) is 4.45. The lowest BCUT2D eigenvalue weighted by Gasteiger charge is -2.32. The fourth-order valence-corrected chi connectivity index (χ4v) is 6.16. The first-order valence-electron chi connectivity index (χ1n) is 12.3. The van der Waals surface area contributed by atoms with E-state index >= 15 is 4.39 Å². The number of alkyl halides is 1. The van der Waals surface area contributed by atoms with Gasteiger partial charge in [0, 0.05) is 50.1 Å². The molecule has 3 aliphatic heterocycles. The van der Waals surface area contributed by atoms with Gasteiger partial charge >= 0.3 is 6.01 Å². The van der Waals surface area contributed by atoms with Crippen LogP contribution in [0.3, 0.4) is 0 Å². The number of halogens is 3. The number of aromatic nitrogens is 2. The van der Waals surface area contributed by atoms with Crippen molar-refractivity contribution in [1.29, 1.82) is 0 Å². The molecular weight excluding hydrogens is 472 g/mol. The van der Waals surface area contributed by atoms with Crippen molar-refractivity contribution in [3.05, 3.63) is 47.2 Å². The van der Waals surface area contributed by atoms with Crippen LogP contribution in [0.25, 0.3) is 22.0 Å². The van der Waals surface area contributed by atoms with E-state index in [0.29, 0.717) is 46.9 Å². The molecule has 0 bridgehead atoms. The highest BCUT2D eigenvalue weighted by Gasteiger charge is 2.49. The Morgan fingerprint density at radius 1 is 1.14 bits per heavy atom. The van der Waals surface area contributed by atoms with Gasteiger partial charge in [0.1, 0.15) is 24.1 Å². The van der Waals surface area contributed by atoms with E-state index in [-0.39, 0.29) is 17.1 Å². The lowest BCUT2D eigenvalue weighted by Crippen LogP contribution is -2.44. The smallest absolute Gasteiger partial charge is 0.319 e. The molecule has 1 N–H and O–H groups in total. The van der Waals surface area contributed by atoms with Crippen LogP contribution in [0, 0.1) is 5.82 Å². The van der Waals surface area contributed by atoms with E-state index in [1.54, 1.807) is 6.07 Å². The molecule has 3 fully saturated rings. The van der Waals surface area contributed by atoms with E-state index in [1.807, 2.05) is 30.3 Å². The van der Waals surface area contributed by atoms with Crippen LogP contribution in [0.1, 0.15) is 19.3 Å². The third-order valence-corrected chi connectivity index (χ3v) is 7.85. The Bertz CT molecular complexity index is 1240. The van der Waals surface area contributed by atoms with E-state index in [2.05, 4.69) is 20.1 Å². The number of hydrogen-bond donors (Lipinski definition) is 1. The average Bonchev–Trinajstić information content (AvgIpc) is 3.39. The average molecular weight is 500 g/mol. The van der Waals surface area contributed by atoms with Gasteiger partial charge < -0.3 is 15.0 Å². The molecule has 1 aromatic heterocycles. The minimum Gasteiger partial charge on any atom is -0.461 e. The van der Waals surface area contributed by atoms with Crippen LogP contribution in [0.15, 0.2) is 36.4 Å². The Morgan fingerprint density at radius 2 is 1.94 bits per heavy atom. The molecule has 0 aliphatic carbocycles. The molecule has 4 heterocycles. The van der Waals surface area contributed by atoms with Gasteiger partial charge in [0.25, 0.3) is 0 Å². The number of anilines is 1. The number of ether oxygens (including phenoxy) is 1. The first-order valence-corrected chi connectivity index (χ1v) is 12.6. The van der Waals surface area contributed by atoms with Crippen molar-refractivity contribution in [2.75, 3.05) is 50.8 Å². The second-order valence-electron chi connectivity index (χ2n) is 9.74. The molecule has 9 heteroatoms. The number of piperazine rings is 1. The standard InChI is InChI=1S/C26H28ClF2N5O/c27-20-13-19-23(22(29)21(20)17-5-2-1-3-6-17)31-25(32-24(19)33-11-8-30-9-12-33)35-16-26-7-4-10-34(26)15-18(28)14-26/h1-3,5-6,13,18,30H,4,7-12,14-16H2/t18-,26+/m1/s1. The minimum atomic E-state index is -0.846. The van der Waals surface area contributed by atoms with E-state index in [4.69, 9.17) is 21.3 Å². The van der Waals surface area contributed by atoms with Gasteiger partial charge in [0.15, 0.2) is 5.82 Å². The van der Waals surface area contributed by atoms with E-state index in [0.717, 1.165) is 45.6 Å². The highest BCUT2D eigenvalue weighted by atomic mass is 35.5. The Kier molecular flexibility index (Phi) is 5.98. The number of nitrogens with one attached hydrogen (secondary N) is 1. The van der Waals surface area contributed by atoms with E-state index in [1.165, 1.54) is 0 Å². The van der Waals surface area contributed by atoms with Crippen LogP contribution >= 0.6 is 11.6 Å². The zero-order chi connectivity index (χ0) is 24.0. The molecule has 3 aliphatic rings. The monoisotopic (exact) mass is 499 g/mol. The quantitative estimate of drug-likeness (QED) is 0.559. The Hall–Kier alpha value is -2.55.